The highest BCUT2D eigenvalue weighted by molar-refractivity contribution is 7.98. The van der Waals surface area contributed by atoms with Gasteiger partial charge in [0.1, 0.15) is 5.82 Å². The summed E-state index contributed by atoms with van der Waals surface area (Å²) < 4.78 is 26.7. The summed E-state index contributed by atoms with van der Waals surface area (Å²) in [4.78, 5) is 6.81. The summed E-state index contributed by atoms with van der Waals surface area (Å²) in [6, 6.07) is -0.0385. The minimum Gasteiger partial charge on any atom is -0.332 e. The van der Waals surface area contributed by atoms with E-state index in [0.717, 1.165) is 12.2 Å². The quantitative estimate of drug-likeness (QED) is 0.790. The summed E-state index contributed by atoms with van der Waals surface area (Å²) in [5, 5.41) is 0.147. The Morgan fingerprint density at radius 2 is 2.24 bits per heavy atom. The summed E-state index contributed by atoms with van der Waals surface area (Å²) in [5.74, 6) is 1.45. The molecule has 0 aromatic carbocycles. The lowest BCUT2D eigenvalue weighted by Crippen LogP contribution is -2.36. The van der Waals surface area contributed by atoms with E-state index < -0.39 is 10.0 Å². The smallest absolute Gasteiger partial charge is 0.257 e. The van der Waals surface area contributed by atoms with Crippen molar-refractivity contribution in [3.8, 4) is 0 Å². The van der Waals surface area contributed by atoms with E-state index in [1.54, 1.807) is 11.8 Å². The van der Waals surface area contributed by atoms with Gasteiger partial charge in [0.2, 0.25) is 0 Å². The van der Waals surface area contributed by atoms with Gasteiger partial charge in [0.15, 0.2) is 5.03 Å². The standard InChI is InChI=1S/C10H19N3O2S2/c1-4-8(7-16-3)13-17(14,15)10-6-11-9(5-2)12-10/h6,8,13H,4-5,7H2,1-3H3,(H,11,12). The van der Waals surface area contributed by atoms with Crippen LogP contribution in [-0.4, -0.2) is 36.4 Å². The van der Waals surface area contributed by atoms with Crippen molar-refractivity contribution in [3.05, 3.63) is 12.0 Å². The molecule has 1 aromatic rings. The predicted molar refractivity (Wildman–Crippen MR) is 70.7 cm³/mol. The van der Waals surface area contributed by atoms with Crippen molar-refractivity contribution < 1.29 is 8.42 Å². The van der Waals surface area contributed by atoms with Crippen LogP contribution in [-0.2, 0) is 16.4 Å². The lowest BCUT2D eigenvalue weighted by Gasteiger charge is -2.14. The Bertz CT molecular complexity index is 442. The molecule has 1 rings (SSSR count). The van der Waals surface area contributed by atoms with E-state index >= 15 is 0 Å². The zero-order valence-corrected chi connectivity index (χ0v) is 12.0. The van der Waals surface area contributed by atoms with Gasteiger partial charge in [-0.1, -0.05) is 13.8 Å². The van der Waals surface area contributed by atoms with Crippen LogP contribution in [0.1, 0.15) is 26.1 Å². The fourth-order valence-corrected chi connectivity index (χ4v) is 3.47. The fraction of sp³-hybridized carbons (Fsp3) is 0.700. The van der Waals surface area contributed by atoms with Crippen LogP contribution in [0.3, 0.4) is 0 Å². The first kappa shape index (κ1) is 14.5. The number of nitrogens with zero attached hydrogens (tertiary/aromatic N) is 1. The van der Waals surface area contributed by atoms with Crippen molar-refractivity contribution in [2.75, 3.05) is 12.0 Å². The first-order chi connectivity index (χ1) is 8.03. The number of nitrogens with one attached hydrogen (secondary N) is 2. The van der Waals surface area contributed by atoms with E-state index in [4.69, 9.17) is 0 Å². The van der Waals surface area contributed by atoms with Crippen molar-refractivity contribution in [2.45, 2.75) is 37.8 Å². The molecule has 0 bridgehead atoms. The Kier molecular flexibility index (Phi) is 5.48. The lowest BCUT2D eigenvalue weighted by atomic mass is 10.3. The number of thioether (sulfide) groups is 1. The molecule has 0 saturated carbocycles. The molecular weight excluding hydrogens is 258 g/mol. The maximum absolute atomic E-state index is 12.0. The lowest BCUT2D eigenvalue weighted by molar-refractivity contribution is 0.555. The van der Waals surface area contributed by atoms with Crippen LogP contribution in [0, 0.1) is 0 Å². The van der Waals surface area contributed by atoms with E-state index in [1.165, 1.54) is 6.20 Å². The molecule has 0 spiro atoms. The van der Waals surface area contributed by atoms with Crippen LogP contribution < -0.4 is 4.72 Å². The van der Waals surface area contributed by atoms with Gasteiger partial charge >= 0.3 is 0 Å². The molecule has 0 amide bonds. The van der Waals surface area contributed by atoms with Crippen molar-refractivity contribution in [1.29, 1.82) is 0 Å². The molecule has 1 unspecified atom stereocenters. The Labute approximate surface area is 107 Å². The van der Waals surface area contributed by atoms with Gasteiger partial charge in [-0.15, -0.1) is 0 Å². The number of aromatic nitrogens is 2. The SMILES string of the molecule is CCc1ncc(S(=O)(=O)NC(CC)CSC)[nH]1. The molecule has 1 aromatic heterocycles. The molecule has 7 heteroatoms. The van der Waals surface area contributed by atoms with E-state index in [9.17, 15) is 8.42 Å². The third-order valence-corrected chi connectivity index (χ3v) is 4.58. The largest absolute Gasteiger partial charge is 0.332 e. The number of sulfonamides is 1. The topological polar surface area (TPSA) is 74.8 Å². The number of aromatic amines is 1. The van der Waals surface area contributed by atoms with Crippen LogP contribution >= 0.6 is 11.8 Å². The highest BCUT2D eigenvalue weighted by Gasteiger charge is 2.20. The summed E-state index contributed by atoms with van der Waals surface area (Å²) in [5.41, 5.74) is 0. The summed E-state index contributed by atoms with van der Waals surface area (Å²) in [6.45, 7) is 3.89. The Hall–Kier alpha value is -0.530. The maximum Gasteiger partial charge on any atom is 0.257 e. The van der Waals surface area contributed by atoms with E-state index in [-0.39, 0.29) is 11.1 Å². The average molecular weight is 277 g/mol. The van der Waals surface area contributed by atoms with Crippen molar-refractivity contribution in [1.82, 2.24) is 14.7 Å². The predicted octanol–water partition coefficient (Wildman–Crippen LogP) is 1.39. The molecule has 98 valence electrons. The molecule has 0 aliphatic carbocycles. The zero-order chi connectivity index (χ0) is 12.9. The minimum atomic E-state index is -3.46. The second-order valence-electron chi connectivity index (χ2n) is 3.73. The normalized spacial score (nSPS) is 13.8. The summed E-state index contributed by atoms with van der Waals surface area (Å²) in [7, 11) is -3.46. The summed E-state index contributed by atoms with van der Waals surface area (Å²) in [6.07, 6.45) is 4.79. The molecule has 1 heterocycles. The molecular formula is C10H19N3O2S2. The monoisotopic (exact) mass is 277 g/mol. The number of imidazole rings is 1. The highest BCUT2D eigenvalue weighted by atomic mass is 32.2. The van der Waals surface area contributed by atoms with Gasteiger partial charge in [-0.3, -0.25) is 0 Å². The molecule has 17 heavy (non-hydrogen) atoms. The molecule has 2 N–H and O–H groups in total. The van der Waals surface area contributed by atoms with Crippen LogP contribution in [0.5, 0.6) is 0 Å². The van der Waals surface area contributed by atoms with E-state index in [1.807, 2.05) is 20.1 Å². The molecule has 5 nitrogen and oxygen atoms in total. The second-order valence-corrected chi connectivity index (χ2v) is 6.32. The molecule has 0 aliphatic rings. The summed E-state index contributed by atoms with van der Waals surface area (Å²) >= 11 is 1.63. The number of hydrogen-bond donors (Lipinski definition) is 2. The number of aryl methyl sites for hydroxylation is 1. The number of hydrogen-bond acceptors (Lipinski definition) is 4. The first-order valence-electron chi connectivity index (χ1n) is 5.58. The molecule has 1 atom stereocenters. The first-order valence-corrected chi connectivity index (χ1v) is 8.46. The van der Waals surface area contributed by atoms with Crippen LogP contribution in [0.25, 0.3) is 0 Å². The van der Waals surface area contributed by atoms with Gasteiger partial charge < -0.3 is 4.98 Å². The van der Waals surface area contributed by atoms with Gasteiger partial charge in [-0.25, -0.2) is 18.1 Å². The minimum absolute atomic E-state index is 0.0385. The Morgan fingerprint density at radius 1 is 1.53 bits per heavy atom. The van der Waals surface area contributed by atoms with Gasteiger partial charge in [-0.05, 0) is 12.7 Å². The van der Waals surface area contributed by atoms with Gasteiger partial charge in [0.25, 0.3) is 10.0 Å². The third-order valence-electron chi connectivity index (χ3n) is 2.41. The van der Waals surface area contributed by atoms with E-state index in [2.05, 4.69) is 14.7 Å². The Morgan fingerprint density at radius 3 is 2.71 bits per heavy atom. The van der Waals surface area contributed by atoms with Crippen LogP contribution in [0.15, 0.2) is 11.2 Å². The number of rotatable bonds is 7. The molecule has 0 aliphatic heterocycles. The average Bonchev–Trinajstić information content (AvgIpc) is 2.77. The molecule has 0 saturated heterocycles. The van der Waals surface area contributed by atoms with Gasteiger partial charge in [-0.2, -0.15) is 11.8 Å². The maximum atomic E-state index is 12.0. The van der Waals surface area contributed by atoms with Crippen molar-refractivity contribution in [3.63, 3.8) is 0 Å². The van der Waals surface area contributed by atoms with E-state index in [0.29, 0.717) is 12.2 Å². The number of H-pyrrole nitrogens is 1. The third kappa shape index (κ3) is 4.01. The Balaban J connectivity index is 2.80. The van der Waals surface area contributed by atoms with Crippen molar-refractivity contribution >= 4 is 21.8 Å². The zero-order valence-electron chi connectivity index (χ0n) is 10.4. The van der Waals surface area contributed by atoms with Crippen LogP contribution in [0.4, 0.5) is 0 Å². The second kappa shape index (κ2) is 6.42. The molecule has 0 radical (unpaired) electrons. The van der Waals surface area contributed by atoms with Crippen molar-refractivity contribution in [2.24, 2.45) is 0 Å². The highest BCUT2D eigenvalue weighted by Crippen LogP contribution is 2.09. The van der Waals surface area contributed by atoms with Crippen LogP contribution in [0.2, 0.25) is 0 Å². The fourth-order valence-electron chi connectivity index (χ4n) is 1.38. The molecule has 0 fully saturated rings. The van der Waals surface area contributed by atoms with Gasteiger partial charge in [0.05, 0.1) is 6.20 Å². The van der Waals surface area contributed by atoms with Gasteiger partial charge in [0, 0.05) is 18.2 Å².